The molecule has 6 heteroatoms. The van der Waals surface area contributed by atoms with Gasteiger partial charge >= 0.3 is 0 Å². The Morgan fingerprint density at radius 1 is 1.17 bits per heavy atom. The average molecular weight is 403 g/mol. The Morgan fingerprint density at radius 3 is 2.66 bits per heavy atom. The predicted molar refractivity (Wildman–Crippen MR) is 107 cm³/mol. The summed E-state index contributed by atoms with van der Waals surface area (Å²) in [5.74, 6) is 0.599. The molecular weight excluding hydrogens is 368 g/mol. The normalized spacial score (nSPS) is 47.0. The molecule has 3 saturated carbocycles. The molecule has 5 rings (SSSR count). The lowest BCUT2D eigenvalue weighted by Gasteiger charge is -2.59. The van der Waals surface area contributed by atoms with E-state index < -0.39 is 0 Å². The van der Waals surface area contributed by atoms with Gasteiger partial charge in [0, 0.05) is 42.5 Å². The Kier molecular flexibility index (Phi) is 4.68. The Bertz CT molecular complexity index is 747. The average Bonchev–Trinajstić information content (AvgIpc) is 2.97. The minimum Gasteiger partial charge on any atom is -0.396 e. The third kappa shape index (κ3) is 2.78. The number of aliphatic hydroxyl groups is 1. The van der Waals surface area contributed by atoms with Crippen LogP contribution in [0.15, 0.2) is 11.8 Å². The fourth-order valence-electron chi connectivity index (χ4n) is 7.34. The molecule has 1 heterocycles. The highest BCUT2D eigenvalue weighted by molar-refractivity contribution is 5.91. The van der Waals surface area contributed by atoms with Crippen LogP contribution in [0.3, 0.4) is 0 Å². The van der Waals surface area contributed by atoms with Crippen molar-refractivity contribution in [3.8, 4) is 0 Å². The molecule has 0 bridgehead atoms. The summed E-state index contributed by atoms with van der Waals surface area (Å²) < 4.78 is 0. The molecule has 4 aliphatic carbocycles. The number of carbonyl (C=O) groups excluding carboxylic acids is 2. The van der Waals surface area contributed by atoms with Crippen molar-refractivity contribution < 1.29 is 19.5 Å². The van der Waals surface area contributed by atoms with Gasteiger partial charge in [0.25, 0.3) is 0 Å². The van der Waals surface area contributed by atoms with E-state index in [2.05, 4.69) is 30.7 Å². The van der Waals surface area contributed by atoms with Gasteiger partial charge in [-0.25, -0.2) is 0 Å². The van der Waals surface area contributed by atoms with Crippen LogP contribution in [0, 0.1) is 40.4 Å². The van der Waals surface area contributed by atoms with Crippen molar-refractivity contribution in [2.24, 2.45) is 40.4 Å². The number of aliphatic hydroxyl groups excluding tert-OH is 1. The molecule has 0 radical (unpaired) electrons. The monoisotopic (exact) mass is 402 g/mol. The maximum atomic E-state index is 13.6. The zero-order chi connectivity index (χ0) is 20.4. The number of fused-ring (bicyclic) bond motifs is 5. The summed E-state index contributed by atoms with van der Waals surface area (Å²) in [7, 11) is 0. The van der Waals surface area contributed by atoms with Crippen molar-refractivity contribution in [2.45, 2.75) is 58.5 Å². The van der Waals surface area contributed by atoms with Crippen molar-refractivity contribution in [2.75, 3.05) is 19.7 Å². The molecule has 3 N–H and O–H groups in total. The van der Waals surface area contributed by atoms with Crippen molar-refractivity contribution in [3.05, 3.63) is 11.8 Å². The minimum absolute atomic E-state index is 0.0118. The first-order chi connectivity index (χ1) is 13.9. The SMILES string of the molecule is C[C@]12CCC(NOC3CNC3)=CC1[C@@H](CO)C(=O)[C@@H]1[C@@H]2CC[C@]2(C)C(=O)CC[C@@H]12. The molecule has 0 amide bonds. The third-order valence-corrected chi connectivity index (χ3v) is 9.33. The zero-order valence-electron chi connectivity index (χ0n) is 17.6. The van der Waals surface area contributed by atoms with E-state index in [9.17, 15) is 14.7 Å². The molecule has 1 saturated heterocycles. The summed E-state index contributed by atoms with van der Waals surface area (Å²) in [6, 6.07) is 0. The highest BCUT2D eigenvalue weighted by Gasteiger charge is 2.64. The van der Waals surface area contributed by atoms with Gasteiger partial charge < -0.3 is 10.4 Å². The maximum Gasteiger partial charge on any atom is 0.142 e. The smallest absolute Gasteiger partial charge is 0.142 e. The number of hydrogen-bond acceptors (Lipinski definition) is 6. The molecule has 1 unspecified atom stereocenters. The van der Waals surface area contributed by atoms with Crippen LogP contribution in [0.4, 0.5) is 0 Å². The van der Waals surface area contributed by atoms with E-state index in [1.54, 1.807) is 0 Å². The topological polar surface area (TPSA) is 87.7 Å². The van der Waals surface area contributed by atoms with Crippen LogP contribution in [0.5, 0.6) is 0 Å². The van der Waals surface area contributed by atoms with E-state index in [1.807, 2.05) is 0 Å². The van der Waals surface area contributed by atoms with Gasteiger partial charge in [-0.2, -0.15) is 0 Å². The van der Waals surface area contributed by atoms with Gasteiger partial charge in [0.1, 0.15) is 17.7 Å². The minimum atomic E-state index is -0.373. The quantitative estimate of drug-likeness (QED) is 0.624. The first kappa shape index (κ1) is 19.7. The van der Waals surface area contributed by atoms with Crippen molar-refractivity contribution >= 4 is 11.6 Å². The Balaban J connectivity index is 1.44. The summed E-state index contributed by atoms with van der Waals surface area (Å²) in [4.78, 5) is 32.0. The lowest BCUT2D eigenvalue weighted by atomic mass is 9.43. The number of hydrogen-bond donors (Lipinski definition) is 3. The van der Waals surface area contributed by atoms with E-state index in [0.29, 0.717) is 18.1 Å². The summed E-state index contributed by atoms with van der Waals surface area (Å²) in [5, 5.41) is 13.4. The standard InChI is InChI=1S/C23H34N2O4/c1-22-7-5-13(25-29-14-10-24-11-14)9-18(22)15(12-26)21(28)20-16-3-4-19(27)23(16,2)8-6-17(20)22/h9,14-18,20,24-26H,3-8,10-12H2,1-2H3/t15-,16+,17+,18?,20+,22-,23+/m1/s1. The molecule has 0 aromatic heterocycles. The van der Waals surface area contributed by atoms with Crippen molar-refractivity contribution in [1.29, 1.82) is 0 Å². The third-order valence-electron chi connectivity index (χ3n) is 9.33. The van der Waals surface area contributed by atoms with Gasteiger partial charge in [-0.05, 0) is 55.3 Å². The van der Waals surface area contributed by atoms with Crippen LogP contribution in [0.1, 0.15) is 52.4 Å². The van der Waals surface area contributed by atoms with E-state index in [4.69, 9.17) is 4.84 Å². The van der Waals surface area contributed by atoms with E-state index >= 15 is 0 Å². The fraction of sp³-hybridized carbons (Fsp3) is 0.826. The van der Waals surface area contributed by atoms with Gasteiger partial charge in [0.05, 0.1) is 6.61 Å². The summed E-state index contributed by atoms with van der Waals surface area (Å²) >= 11 is 0. The second kappa shape index (κ2) is 6.89. The van der Waals surface area contributed by atoms with E-state index in [-0.39, 0.29) is 53.0 Å². The Labute approximate surface area is 172 Å². The van der Waals surface area contributed by atoms with Crippen LogP contribution >= 0.6 is 0 Å². The molecule has 0 aromatic rings. The lowest BCUT2D eigenvalue weighted by Crippen LogP contribution is -2.60. The number of carbonyl (C=O) groups is 2. The summed E-state index contributed by atoms with van der Waals surface area (Å²) in [5.41, 5.74) is 3.84. The molecule has 5 aliphatic rings. The summed E-state index contributed by atoms with van der Waals surface area (Å²) in [6.07, 6.45) is 7.58. The molecule has 6 nitrogen and oxygen atoms in total. The first-order valence-electron chi connectivity index (χ1n) is 11.4. The summed E-state index contributed by atoms with van der Waals surface area (Å²) in [6.45, 7) is 6.03. The number of nitrogens with one attached hydrogen (secondary N) is 2. The van der Waals surface area contributed by atoms with Crippen LogP contribution in [0.25, 0.3) is 0 Å². The first-order valence-corrected chi connectivity index (χ1v) is 11.4. The van der Waals surface area contributed by atoms with E-state index in [0.717, 1.165) is 50.9 Å². The molecule has 160 valence electrons. The molecule has 7 atom stereocenters. The number of hydroxylamine groups is 1. The fourth-order valence-corrected chi connectivity index (χ4v) is 7.34. The molecule has 0 spiro atoms. The van der Waals surface area contributed by atoms with E-state index in [1.165, 1.54) is 0 Å². The maximum absolute atomic E-state index is 13.6. The van der Waals surface area contributed by atoms with Gasteiger partial charge in [-0.1, -0.05) is 19.9 Å². The second-order valence-electron chi connectivity index (χ2n) is 10.6. The molecule has 0 aromatic carbocycles. The molecular formula is C23H34N2O4. The number of allylic oxidation sites excluding steroid dienone is 2. The van der Waals surface area contributed by atoms with Gasteiger partial charge in [0.15, 0.2) is 0 Å². The highest BCUT2D eigenvalue weighted by atomic mass is 16.7. The van der Waals surface area contributed by atoms with Gasteiger partial charge in [-0.3, -0.25) is 19.9 Å². The Morgan fingerprint density at radius 2 is 1.97 bits per heavy atom. The van der Waals surface area contributed by atoms with Crippen molar-refractivity contribution in [3.63, 3.8) is 0 Å². The van der Waals surface area contributed by atoms with Crippen LogP contribution in [0.2, 0.25) is 0 Å². The number of rotatable bonds is 4. The second-order valence-corrected chi connectivity index (χ2v) is 10.6. The lowest BCUT2D eigenvalue weighted by molar-refractivity contribution is -0.162. The molecule has 1 aliphatic heterocycles. The number of Topliss-reactive ketones (excluding diaryl/α,β-unsaturated/α-hetero) is 2. The predicted octanol–water partition coefficient (Wildman–Crippen LogP) is 1.98. The van der Waals surface area contributed by atoms with Crippen molar-refractivity contribution in [1.82, 2.24) is 10.8 Å². The highest BCUT2D eigenvalue weighted by Crippen LogP contribution is 2.65. The van der Waals surface area contributed by atoms with Gasteiger partial charge in [-0.15, -0.1) is 0 Å². The van der Waals surface area contributed by atoms with Crippen LogP contribution in [-0.4, -0.2) is 42.5 Å². The largest absolute Gasteiger partial charge is 0.396 e. The molecule has 4 fully saturated rings. The Hall–Kier alpha value is -1.24. The molecule has 29 heavy (non-hydrogen) atoms. The van der Waals surface area contributed by atoms with Gasteiger partial charge in [0.2, 0.25) is 0 Å². The number of ketones is 2. The zero-order valence-corrected chi connectivity index (χ0v) is 17.6. The van der Waals surface area contributed by atoms with Crippen LogP contribution < -0.4 is 10.8 Å². The van der Waals surface area contributed by atoms with Crippen LogP contribution in [-0.2, 0) is 14.4 Å².